The zero-order chi connectivity index (χ0) is 14.1. The molecule has 0 aromatic heterocycles. The van der Waals surface area contributed by atoms with E-state index in [-0.39, 0.29) is 11.3 Å². The molecule has 6 nitrogen and oxygen atoms in total. The highest BCUT2D eigenvalue weighted by atomic mass is 79.9. The normalized spacial score (nSPS) is 16.9. The Morgan fingerprint density at radius 1 is 1.50 bits per heavy atom. The Morgan fingerprint density at radius 2 is 2.06 bits per heavy atom. The van der Waals surface area contributed by atoms with Crippen molar-refractivity contribution in [3.05, 3.63) is 39.9 Å². The number of rotatable bonds is 4. The van der Waals surface area contributed by atoms with Gasteiger partial charge in [0.25, 0.3) is 5.69 Å². The third-order valence-electron chi connectivity index (χ3n) is 2.61. The monoisotopic (exact) mass is 337 g/mol. The highest BCUT2D eigenvalue weighted by molar-refractivity contribution is 9.11. The summed E-state index contributed by atoms with van der Waals surface area (Å²) in [4.78, 5) is 10.0. The van der Waals surface area contributed by atoms with Crippen LogP contribution in [0, 0.1) is 10.1 Å². The standard InChI is InChI=1S/C10H12BrNO5S/c1-10(11,18(2,16)17)9(13)7-4-3-5-8(6-7)12(14)15/h3-6,9,13H,1-2H3/t9-,10-/m1/s1. The predicted octanol–water partition coefficient (Wildman–Crippen LogP) is 1.78. The van der Waals surface area contributed by atoms with E-state index in [1.54, 1.807) is 0 Å². The lowest BCUT2D eigenvalue weighted by atomic mass is 10.1. The molecule has 0 aliphatic carbocycles. The number of sulfone groups is 1. The first-order valence-corrected chi connectivity index (χ1v) is 7.56. The topological polar surface area (TPSA) is 97.5 Å². The molecule has 18 heavy (non-hydrogen) atoms. The van der Waals surface area contributed by atoms with Crippen LogP contribution in [-0.4, -0.2) is 28.4 Å². The average Bonchev–Trinajstić information content (AvgIpc) is 2.26. The summed E-state index contributed by atoms with van der Waals surface area (Å²) in [5, 5.41) is 20.7. The van der Waals surface area contributed by atoms with E-state index in [0.717, 1.165) is 12.3 Å². The zero-order valence-electron chi connectivity index (χ0n) is 9.70. The van der Waals surface area contributed by atoms with Crippen molar-refractivity contribution in [1.82, 2.24) is 0 Å². The fraction of sp³-hybridized carbons (Fsp3) is 0.400. The van der Waals surface area contributed by atoms with E-state index in [1.165, 1.54) is 25.1 Å². The summed E-state index contributed by atoms with van der Waals surface area (Å²) in [6.07, 6.45) is -0.435. The number of hydrogen-bond acceptors (Lipinski definition) is 5. The highest BCUT2D eigenvalue weighted by Crippen LogP contribution is 2.38. The molecule has 0 saturated carbocycles. The second kappa shape index (κ2) is 4.94. The van der Waals surface area contributed by atoms with Gasteiger partial charge in [0.1, 0.15) is 6.10 Å². The minimum Gasteiger partial charge on any atom is -0.386 e. The minimum absolute atomic E-state index is 0.161. The number of alkyl halides is 1. The number of aliphatic hydroxyl groups excluding tert-OH is 1. The number of nitro groups is 1. The molecule has 0 aliphatic rings. The molecule has 0 saturated heterocycles. The quantitative estimate of drug-likeness (QED) is 0.513. The lowest BCUT2D eigenvalue weighted by molar-refractivity contribution is -0.385. The first-order valence-electron chi connectivity index (χ1n) is 4.88. The van der Waals surface area contributed by atoms with Crippen LogP contribution in [0.25, 0.3) is 0 Å². The Labute approximate surface area is 113 Å². The van der Waals surface area contributed by atoms with Crippen LogP contribution in [0.15, 0.2) is 24.3 Å². The number of hydrogen-bond donors (Lipinski definition) is 1. The Bertz CT molecular complexity index is 569. The van der Waals surface area contributed by atoms with Crippen LogP contribution in [0.1, 0.15) is 18.6 Å². The second-order valence-corrected chi connectivity index (χ2v) is 8.58. The molecule has 2 atom stereocenters. The highest BCUT2D eigenvalue weighted by Gasteiger charge is 2.41. The molecular weight excluding hydrogens is 326 g/mol. The van der Waals surface area contributed by atoms with Crippen molar-refractivity contribution in [1.29, 1.82) is 0 Å². The number of nitrogens with zero attached hydrogens (tertiary/aromatic N) is 1. The molecule has 0 heterocycles. The third kappa shape index (κ3) is 2.88. The molecule has 0 radical (unpaired) electrons. The SMILES string of the molecule is C[C@](Br)([C@H](O)c1cccc([N+](=O)[O-])c1)S(C)(=O)=O. The summed E-state index contributed by atoms with van der Waals surface area (Å²) in [5.41, 5.74) is -0.0441. The molecule has 0 unspecified atom stereocenters. The molecule has 1 rings (SSSR count). The minimum atomic E-state index is -3.59. The molecule has 100 valence electrons. The summed E-state index contributed by atoms with van der Waals surface area (Å²) in [6.45, 7) is 1.30. The maximum Gasteiger partial charge on any atom is 0.269 e. The van der Waals surface area contributed by atoms with Gasteiger partial charge in [-0.2, -0.15) is 0 Å². The fourth-order valence-corrected chi connectivity index (χ4v) is 2.11. The van der Waals surface area contributed by atoms with Crippen molar-refractivity contribution in [3.8, 4) is 0 Å². The van der Waals surface area contributed by atoms with Gasteiger partial charge in [-0.1, -0.05) is 28.1 Å². The van der Waals surface area contributed by atoms with E-state index in [0.29, 0.717) is 0 Å². The number of halogens is 1. The van der Waals surface area contributed by atoms with E-state index in [2.05, 4.69) is 15.9 Å². The van der Waals surface area contributed by atoms with E-state index in [1.807, 2.05) is 0 Å². The maximum absolute atomic E-state index is 11.5. The van der Waals surface area contributed by atoms with Crippen LogP contribution in [0.4, 0.5) is 5.69 Å². The van der Waals surface area contributed by atoms with Crippen LogP contribution >= 0.6 is 15.9 Å². The summed E-state index contributed by atoms with van der Waals surface area (Å²) in [7, 11) is -3.59. The van der Waals surface area contributed by atoms with E-state index in [4.69, 9.17) is 0 Å². The molecular formula is C10H12BrNO5S. The van der Waals surface area contributed by atoms with Gasteiger partial charge in [-0.15, -0.1) is 0 Å². The number of nitro benzene ring substituents is 1. The van der Waals surface area contributed by atoms with Gasteiger partial charge in [0.15, 0.2) is 13.5 Å². The van der Waals surface area contributed by atoms with E-state index >= 15 is 0 Å². The Kier molecular flexibility index (Phi) is 4.14. The van der Waals surface area contributed by atoms with Gasteiger partial charge in [0, 0.05) is 18.4 Å². The third-order valence-corrected chi connectivity index (χ3v) is 6.48. The lowest BCUT2D eigenvalue weighted by Gasteiger charge is -2.26. The van der Waals surface area contributed by atoms with Crippen molar-refractivity contribution in [2.75, 3.05) is 6.26 Å². The number of benzene rings is 1. The Hall–Kier alpha value is -0.990. The first kappa shape index (κ1) is 15.1. The summed E-state index contributed by atoms with van der Waals surface area (Å²) in [5.74, 6) is 0. The molecule has 0 fully saturated rings. The molecule has 0 bridgehead atoms. The van der Waals surface area contributed by atoms with Crippen LogP contribution in [0.3, 0.4) is 0 Å². The smallest absolute Gasteiger partial charge is 0.269 e. The van der Waals surface area contributed by atoms with Crippen molar-refractivity contribution in [3.63, 3.8) is 0 Å². The van der Waals surface area contributed by atoms with Crippen molar-refractivity contribution >= 4 is 31.5 Å². The zero-order valence-corrected chi connectivity index (χ0v) is 12.1. The molecule has 1 aromatic carbocycles. The summed E-state index contributed by atoms with van der Waals surface area (Å²) in [6, 6.07) is 5.24. The second-order valence-electron chi connectivity index (χ2n) is 4.01. The van der Waals surface area contributed by atoms with Gasteiger partial charge >= 0.3 is 0 Å². The molecule has 1 N–H and O–H groups in total. The first-order chi connectivity index (χ1) is 8.07. The maximum atomic E-state index is 11.5. The van der Waals surface area contributed by atoms with Crippen LogP contribution in [-0.2, 0) is 9.84 Å². The fourth-order valence-electron chi connectivity index (χ4n) is 1.31. The van der Waals surface area contributed by atoms with Gasteiger partial charge < -0.3 is 5.11 Å². The number of aliphatic hydroxyl groups is 1. The van der Waals surface area contributed by atoms with Gasteiger partial charge in [0.2, 0.25) is 0 Å². The molecule has 1 aromatic rings. The number of non-ortho nitro benzene ring substituents is 1. The van der Waals surface area contributed by atoms with Gasteiger partial charge in [-0.25, -0.2) is 8.42 Å². The predicted molar refractivity (Wildman–Crippen MR) is 70.2 cm³/mol. The van der Waals surface area contributed by atoms with Gasteiger partial charge in [-0.3, -0.25) is 10.1 Å². The van der Waals surface area contributed by atoms with Crippen molar-refractivity contribution in [2.45, 2.75) is 16.7 Å². The molecule has 0 aliphatic heterocycles. The van der Waals surface area contributed by atoms with E-state index < -0.39 is 24.5 Å². The molecule has 0 spiro atoms. The van der Waals surface area contributed by atoms with Gasteiger partial charge in [-0.05, 0) is 12.5 Å². The molecule has 0 amide bonds. The Morgan fingerprint density at radius 3 is 2.50 bits per heavy atom. The largest absolute Gasteiger partial charge is 0.386 e. The summed E-state index contributed by atoms with van der Waals surface area (Å²) < 4.78 is 21.5. The van der Waals surface area contributed by atoms with E-state index in [9.17, 15) is 23.6 Å². The molecule has 8 heteroatoms. The Balaban J connectivity index is 3.23. The van der Waals surface area contributed by atoms with Crippen LogP contribution in [0.2, 0.25) is 0 Å². The van der Waals surface area contributed by atoms with Crippen LogP contribution in [0.5, 0.6) is 0 Å². The average molecular weight is 338 g/mol. The lowest BCUT2D eigenvalue weighted by Crippen LogP contribution is -2.34. The summed E-state index contributed by atoms with van der Waals surface area (Å²) >= 11 is 2.96. The van der Waals surface area contributed by atoms with Gasteiger partial charge in [0.05, 0.1) is 4.92 Å². The van der Waals surface area contributed by atoms with Crippen LogP contribution < -0.4 is 0 Å². The van der Waals surface area contributed by atoms with Crippen molar-refractivity contribution in [2.24, 2.45) is 0 Å². The van der Waals surface area contributed by atoms with Crippen molar-refractivity contribution < 1.29 is 18.4 Å².